The van der Waals surface area contributed by atoms with Gasteiger partial charge in [0.2, 0.25) is 0 Å². The lowest BCUT2D eigenvalue weighted by Crippen LogP contribution is -2.27. The van der Waals surface area contributed by atoms with E-state index in [2.05, 4.69) is 0 Å². The van der Waals surface area contributed by atoms with Crippen LogP contribution in [0.3, 0.4) is 0 Å². The van der Waals surface area contributed by atoms with Crippen LogP contribution >= 0.6 is 0 Å². The lowest BCUT2D eigenvalue weighted by molar-refractivity contribution is 0.0536. The van der Waals surface area contributed by atoms with Gasteiger partial charge in [0, 0.05) is 11.8 Å². The summed E-state index contributed by atoms with van der Waals surface area (Å²) in [5.74, 6) is 0. The smallest absolute Gasteiger partial charge is 0.418 e. The summed E-state index contributed by atoms with van der Waals surface area (Å²) in [5, 5.41) is 0. The monoisotopic (exact) mass is 297 g/mol. The van der Waals surface area contributed by atoms with E-state index in [1.807, 2.05) is 51.1 Å². The number of hydrogen-bond acceptors (Lipinski definition) is 3. The van der Waals surface area contributed by atoms with Gasteiger partial charge in [-0.3, -0.25) is 9.36 Å². The molecular weight excluding hydrogens is 278 g/mol. The maximum atomic E-state index is 12.1. The summed E-state index contributed by atoms with van der Waals surface area (Å²) in [6, 6.07) is 10.8. The highest BCUT2D eigenvalue weighted by Gasteiger charge is 2.18. The van der Waals surface area contributed by atoms with E-state index in [0.717, 1.165) is 17.5 Å². The fraction of sp³-hybridized carbons (Fsp3) is 0.222. The van der Waals surface area contributed by atoms with Gasteiger partial charge in [0.1, 0.15) is 11.9 Å². The molecule has 22 heavy (non-hydrogen) atoms. The van der Waals surface area contributed by atoms with E-state index in [-0.39, 0.29) is 0 Å². The molecule has 0 unspecified atom stereocenters. The SMILES string of the molecule is CC(C)(C)OC(=O)n1cccc1/C=C/c1ccc(C=O)cc1. The second-order valence-corrected chi connectivity index (χ2v) is 5.90. The van der Waals surface area contributed by atoms with E-state index in [1.54, 1.807) is 24.4 Å². The molecule has 0 spiro atoms. The van der Waals surface area contributed by atoms with Crippen LogP contribution in [-0.2, 0) is 4.74 Å². The average Bonchev–Trinajstić information content (AvgIpc) is 2.92. The lowest BCUT2D eigenvalue weighted by atomic mass is 10.1. The number of hydrogen-bond donors (Lipinski definition) is 0. The number of rotatable bonds is 3. The van der Waals surface area contributed by atoms with E-state index in [4.69, 9.17) is 4.74 Å². The van der Waals surface area contributed by atoms with Crippen molar-refractivity contribution >= 4 is 24.5 Å². The maximum absolute atomic E-state index is 12.1. The molecule has 2 rings (SSSR count). The molecule has 0 fully saturated rings. The van der Waals surface area contributed by atoms with Crippen molar-refractivity contribution in [2.75, 3.05) is 0 Å². The summed E-state index contributed by atoms with van der Waals surface area (Å²) in [4.78, 5) is 22.7. The van der Waals surface area contributed by atoms with Gasteiger partial charge in [0.15, 0.2) is 0 Å². The summed E-state index contributed by atoms with van der Waals surface area (Å²) in [5.41, 5.74) is 1.78. The number of ether oxygens (including phenoxy) is 1. The van der Waals surface area contributed by atoms with Gasteiger partial charge in [-0.2, -0.15) is 0 Å². The zero-order valence-electron chi connectivity index (χ0n) is 12.9. The Bertz CT molecular complexity index is 688. The molecule has 0 amide bonds. The fourth-order valence-corrected chi connectivity index (χ4v) is 1.87. The van der Waals surface area contributed by atoms with Gasteiger partial charge in [0.25, 0.3) is 0 Å². The molecule has 2 aromatic rings. The first-order valence-corrected chi connectivity index (χ1v) is 7.03. The van der Waals surface area contributed by atoms with Crippen molar-refractivity contribution in [1.29, 1.82) is 0 Å². The Morgan fingerprint density at radius 2 is 1.68 bits per heavy atom. The van der Waals surface area contributed by atoms with Crippen LogP contribution in [0.4, 0.5) is 4.79 Å². The number of nitrogens with zero attached hydrogens (tertiary/aromatic N) is 1. The summed E-state index contributed by atoms with van der Waals surface area (Å²) in [6.45, 7) is 5.50. The second-order valence-electron chi connectivity index (χ2n) is 5.90. The summed E-state index contributed by atoms with van der Waals surface area (Å²) in [7, 11) is 0. The van der Waals surface area contributed by atoms with Crippen molar-refractivity contribution in [3.8, 4) is 0 Å². The topological polar surface area (TPSA) is 48.3 Å². The number of aromatic nitrogens is 1. The minimum atomic E-state index is -0.535. The third-order valence-electron chi connectivity index (χ3n) is 2.89. The number of carbonyl (C=O) groups is 2. The van der Waals surface area contributed by atoms with Gasteiger partial charge in [-0.1, -0.05) is 30.3 Å². The molecule has 4 heteroatoms. The zero-order valence-corrected chi connectivity index (χ0v) is 12.9. The summed E-state index contributed by atoms with van der Waals surface area (Å²) >= 11 is 0. The van der Waals surface area contributed by atoms with E-state index in [0.29, 0.717) is 5.56 Å². The van der Waals surface area contributed by atoms with Crippen LogP contribution in [0.1, 0.15) is 42.4 Å². The Balaban J connectivity index is 2.16. The Kier molecular flexibility index (Phi) is 4.61. The van der Waals surface area contributed by atoms with E-state index < -0.39 is 11.7 Å². The van der Waals surface area contributed by atoms with Crippen molar-refractivity contribution in [1.82, 2.24) is 4.57 Å². The minimum absolute atomic E-state index is 0.409. The molecular formula is C18H19NO3. The highest BCUT2D eigenvalue weighted by Crippen LogP contribution is 2.14. The molecule has 0 saturated heterocycles. The molecule has 4 nitrogen and oxygen atoms in total. The molecule has 1 heterocycles. The Morgan fingerprint density at radius 1 is 1.05 bits per heavy atom. The normalized spacial score (nSPS) is 11.6. The van der Waals surface area contributed by atoms with Gasteiger partial charge in [-0.05, 0) is 44.5 Å². The summed E-state index contributed by atoms with van der Waals surface area (Å²) < 4.78 is 6.82. The molecule has 1 aromatic carbocycles. The standard InChI is InChI=1S/C18H19NO3/c1-18(2,3)22-17(21)19-12-4-5-16(19)11-10-14-6-8-15(13-20)9-7-14/h4-13H,1-3H3/b11-10+. The van der Waals surface area contributed by atoms with E-state index in [9.17, 15) is 9.59 Å². The third kappa shape index (κ3) is 4.19. The van der Waals surface area contributed by atoms with Crippen molar-refractivity contribution in [2.45, 2.75) is 26.4 Å². The Morgan fingerprint density at radius 3 is 2.27 bits per heavy atom. The second kappa shape index (κ2) is 6.43. The van der Waals surface area contributed by atoms with Gasteiger partial charge in [0.05, 0.1) is 5.69 Å². The van der Waals surface area contributed by atoms with Crippen LogP contribution in [0.2, 0.25) is 0 Å². The number of carbonyl (C=O) groups excluding carboxylic acids is 2. The third-order valence-corrected chi connectivity index (χ3v) is 2.89. The predicted molar refractivity (Wildman–Crippen MR) is 86.8 cm³/mol. The molecule has 0 bridgehead atoms. The van der Waals surface area contributed by atoms with Crippen molar-refractivity contribution < 1.29 is 14.3 Å². The zero-order chi connectivity index (χ0) is 16.2. The van der Waals surface area contributed by atoms with Crippen LogP contribution in [0.25, 0.3) is 12.2 Å². The maximum Gasteiger partial charge on any atom is 0.418 e. The molecule has 0 radical (unpaired) electrons. The quantitative estimate of drug-likeness (QED) is 0.795. The fourth-order valence-electron chi connectivity index (χ4n) is 1.87. The van der Waals surface area contributed by atoms with Gasteiger partial charge < -0.3 is 4.74 Å². The first-order valence-electron chi connectivity index (χ1n) is 7.03. The van der Waals surface area contributed by atoms with Crippen LogP contribution in [0.5, 0.6) is 0 Å². The number of benzene rings is 1. The average molecular weight is 297 g/mol. The lowest BCUT2D eigenvalue weighted by Gasteiger charge is -2.20. The molecule has 0 aliphatic carbocycles. The molecule has 114 valence electrons. The molecule has 1 aromatic heterocycles. The highest BCUT2D eigenvalue weighted by molar-refractivity contribution is 5.79. The Labute approximate surface area is 130 Å². The van der Waals surface area contributed by atoms with Crippen molar-refractivity contribution in [3.05, 3.63) is 59.4 Å². The van der Waals surface area contributed by atoms with Crippen LogP contribution < -0.4 is 0 Å². The van der Waals surface area contributed by atoms with E-state index >= 15 is 0 Å². The van der Waals surface area contributed by atoms with Gasteiger partial charge in [-0.25, -0.2) is 4.79 Å². The predicted octanol–water partition coefficient (Wildman–Crippen LogP) is 4.25. The molecule has 0 aliphatic heterocycles. The molecule has 0 atom stereocenters. The molecule has 0 aliphatic rings. The highest BCUT2D eigenvalue weighted by atomic mass is 16.6. The largest absolute Gasteiger partial charge is 0.443 e. The number of aldehydes is 1. The van der Waals surface area contributed by atoms with Crippen LogP contribution in [0, 0.1) is 0 Å². The summed E-state index contributed by atoms with van der Waals surface area (Å²) in [6.07, 6.45) is 5.78. The minimum Gasteiger partial charge on any atom is -0.443 e. The van der Waals surface area contributed by atoms with Crippen LogP contribution in [-0.4, -0.2) is 22.5 Å². The molecule has 0 saturated carbocycles. The van der Waals surface area contributed by atoms with E-state index in [1.165, 1.54) is 4.57 Å². The molecule has 0 N–H and O–H groups in total. The Hall–Kier alpha value is -2.62. The van der Waals surface area contributed by atoms with Crippen molar-refractivity contribution in [2.24, 2.45) is 0 Å². The first-order chi connectivity index (χ1) is 10.4. The van der Waals surface area contributed by atoms with Gasteiger partial charge in [-0.15, -0.1) is 0 Å². The first kappa shape index (κ1) is 15.8. The van der Waals surface area contributed by atoms with Crippen LogP contribution in [0.15, 0.2) is 42.6 Å². The van der Waals surface area contributed by atoms with Crippen molar-refractivity contribution in [3.63, 3.8) is 0 Å². The van der Waals surface area contributed by atoms with Gasteiger partial charge >= 0.3 is 6.09 Å².